The van der Waals surface area contributed by atoms with Gasteiger partial charge >= 0.3 is 0 Å². The lowest BCUT2D eigenvalue weighted by molar-refractivity contribution is -0.197. The Hall–Kier alpha value is -2.19. The number of imidazole rings is 1. The van der Waals surface area contributed by atoms with Gasteiger partial charge in [0, 0.05) is 44.3 Å². The molecule has 4 heterocycles. The van der Waals surface area contributed by atoms with E-state index in [4.69, 9.17) is 9.72 Å². The van der Waals surface area contributed by atoms with Crippen LogP contribution in [-0.4, -0.2) is 36.8 Å². The zero-order chi connectivity index (χ0) is 21.7. The molecule has 31 heavy (non-hydrogen) atoms. The van der Waals surface area contributed by atoms with Gasteiger partial charge in [0.1, 0.15) is 10.8 Å². The van der Waals surface area contributed by atoms with Crippen molar-refractivity contribution in [3.05, 3.63) is 52.2 Å². The largest absolute Gasteiger partial charge is 0.363 e. The number of hydrogen-bond donors (Lipinski definition) is 0. The molecular weight excluding hydrogens is 420 g/mol. The Morgan fingerprint density at radius 1 is 1.29 bits per heavy atom. The Labute approximate surface area is 182 Å². The van der Waals surface area contributed by atoms with E-state index in [0.717, 1.165) is 28.0 Å². The molecule has 3 aromatic rings. The SMILES string of the molecule is CCO[C@]12SC1Cn1c(nc3ccc(-c4cc(C)c(=O)n(C)c4)cc31)C1CC(F)(F)C12. The van der Waals surface area contributed by atoms with E-state index in [1.54, 1.807) is 23.4 Å². The number of ether oxygens (including phenoxy) is 1. The predicted octanol–water partition coefficient (Wildman–Crippen LogP) is 4.31. The molecule has 0 radical (unpaired) electrons. The second-order valence-electron chi connectivity index (χ2n) is 8.92. The molecule has 2 aliphatic heterocycles. The fourth-order valence-corrected chi connectivity index (χ4v) is 7.11. The van der Waals surface area contributed by atoms with Crippen molar-refractivity contribution in [1.29, 1.82) is 0 Å². The number of nitrogens with zero attached hydrogens (tertiary/aromatic N) is 3. The maximum atomic E-state index is 14.7. The van der Waals surface area contributed by atoms with E-state index in [9.17, 15) is 13.6 Å². The minimum absolute atomic E-state index is 0.00761. The number of hydrogen-bond acceptors (Lipinski definition) is 4. The summed E-state index contributed by atoms with van der Waals surface area (Å²) in [6.45, 7) is 4.73. The van der Waals surface area contributed by atoms with Gasteiger partial charge in [0.25, 0.3) is 11.5 Å². The highest BCUT2D eigenvalue weighted by Crippen LogP contribution is 2.73. The third-order valence-electron chi connectivity index (χ3n) is 7.02. The highest BCUT2D eigenvalue weighted by atomic mass is 32.2. The van der Waals surface area contributed by atoms with Gasteiger partial charge in [-0.3, -0.25) is 4.79 Å². The Balaban J connectivity index is 1.49. The lowest BCUT2D eigenvalue weighted by Gasteiger charge is -2.46. The second-order valence-corrected chi connectivity index (χ2v) is 10.4. The predicted molar refractivity (Wildman–Crippen MR) is 117 cm³/mol. The first kappa shape index (κ1) is 19.5. The molecule has 0 bridgehead atoms. The Kier molecular flexibility index (Phi) is 3.89. The lowest BCUT2D eigenvalue weighted by atomic mass is 9.66. The van der Waals surface area contributed by atoms with Gasteiger partial charge in [-0.1, -0.05) is 6.07 Å². The van der Waals surface area contributed by atoms with Gasteiger partial charge < -0.3 is 13.9 Å². The molecule has 2 aromatic heterocycles. The van der Waals surface area contributed by atoms with E-state index in [1.807, 2.05) is 38.2 Å². The molecule has 1 saturated carbocycles. The van der Waals surface area contributed by atoms with E-state index >= 15 is 0 Å². The van der Waals surface area contributed by atoms with E-state index in [2.05, 4.69) is 10.6 Å². The summed E-state index contributed by atoms with van der Waals surface area (Å²) in [5.74, 6) is -3.07. The zero-order valence-electron chi connectivity index (χ0n) is 17.6. The van der Waals surface area contributed by atoms with Crippen LogP contribution in [0, 0.1) is 12.8 Å². The van der Waals surface area contributed by atoms with Crippen LogP contribution in [0.1, 0.15) is 30.7 Å². The fourth-order valence-electron chi connectivity index (χ4n) is 5.55. The highest BCUT2D eigenvalue weighted by molar-refractivity contribution is 8.08. The third-order valence-corrected chi connectivity index (χ3v) is 8.58. The highest BCUT2D eigenvalue weighted by Gasteiger charge is 2.77. The number of alkyl halides is 2. The monoisotopic (exact) mass is 443 g/mol. The number of aromatic nitrogens is 3. The average Bonchev–Trinajstić information content (AvgIpc) is 3.27. The Morgan fingerprint density at radius 2 is 2.10 bits per heavy atom. The van der Waals surface area contributed by atoms with Gasteiger partial charge in [-0.15, -0.1) is 11.8 Å². The first-order chi connectivity index (χ1) is 14.7. The maximum Gasteiger partial charge on any atom is 0.256 e. The smallest absolute Gasteiger partial charge is 0.256 e. The number of rotatable bonds is 3. The van der Waals surface area contributed by atoms with Crippen LogP contribution in [0.4, 0.5) is 8.78 Å². The maximum absolute atomic E-state index is 14.7. The van der Waals surface area contributed by atoms with Gasteiger partial charge in [0.15, 0.2) is 0 Å². The van der Waals surface area contributed by atoms with E-state index in [1.165, 1.54) is 0 Å². The summed E-state index contributed by atoms with van der Waals surface area (Å²) in [5.41, 5.74) is 4.37. The van der Waals surface area contributed by atoms with Crippen molar-refractivity contribution in [2.75, 3.05) is 6.61 Å². The number of halogens is 2. The first-order valence-corrected chi connectivity index (χ1v) is 11.5. The van der Waals surface area contributed by atoms with Crippen molar-refractivity contribution in [3.63, 3.8) is 0 Å². The van der Waals surface area contributed by atoms with Crippen LogP contribution in [-0.2, 0) is 18.3 Å². The summed E-state index contributed by atoms with van der Waals surface area (Å²) in [6, 6.07) is 7.90. The van der Waals surface area contributed by atoms with Crippen LogP contribution in [0.5, 0.6) is 0 Å². The van der Waals surface area contributed by atoms with Gasteiger partial charge in [0.05, 0.1) is 22.2 Å². The van der Waals surface area contributed by atoms with Crippen LogP contribution in [0.3, 0.4) is 0 Å². The molecule has 1 saturated heterocycles. The number of benzene rings is 1. The molecule has 8 heteroatoms. The Morgan fingerprint density at radius 3 is 2.81 bits per heavy atom. The summed E-state index contributed by atoms with van der Waals surface area (Å²) in [7, 11) is 1.75. The van der Waals surface area contributed by atoms with Crippen molar-refractivity contribution in [1.82, 2.24) is 14.1 Å². The topological polar surface area (TPSA) is 49.1 Å². The van der Waals surface area contributed by atoms with Crippen LogP contribution in [0.2, 0.25) is 0 Å². The summed E-state index contributed by atoms with van der Waals surface area (Å²) >= 11 is 1.54. The molecule has 6 rings (SSSR count). The van der Waals surface area contributed by atoms with Gasteiger partial charge in [-0.25, -0.2) is 13.8 Å². The van der Waals surface area contributed by atoms with Gasteiger partial charge in [-0.2, -0.15) is 0 Å². The van der Waals surface area contributed by atoms with Crippen molar-refractivity contribution in [3.8, 4) is 11.1 Å². The normalized spacial score (nSPS) is 30.2. The molecule has 3 aliphatic rings. The molecule has 0 amide bonds. The van der Waals surface area contributed by atoms with E-state index < -0.39 is 16.8 Å². The van der Waals surface area contributed by atoms with Crippen molar-refractivity contribution >= 4 is 22.8 Å². The average molecular weight is 444 g/mol. The quantitative estimate of drug-likeness (QED) is 0.566. The molecular formula is C23H23F2N3O2S. The third kappa shape index (κ3) is 2.58. The van der Waals surface area contributed by atoms with Gasteiger partial charge in [-0.05, 0) is 43.2 Å². The van der Waals surface area contributed by atoms with Crippen molar-refractivity contribution < 1.29 is 13.5 Å². The molecule has 162 valence electrons. The molecule has 4 atom stereocenters. The summed E-state index contributed by atoms with van der Waals surface area (Å²) < 4.78 is 39.0. The van der Waals surface area contributed by atoms with Crippen LogP contribution in [0.15, 0.2) is 35.3 Å². The second kappa shape index (κ2) is 6.19. The number of aryl methyl sites for hydroxylation is 2. The number of thioether (sulfide) groups is 1. The molecule has 0 N–H and O–H groups in total. The fraction of sp³-hybridized carbons (Fsp3) is 0.478. The number of fused-ring (bicyclic) bond motifs is 7. The van der Waals surface area contributed by atoms with Gasteiger partial charge in [0.2, 0.25) is 0 Å². The summed E-state index contributed by atoms with van der Waals surface area (Å²) in [6.07, 6.45) is 1.66. The van der Waals surface area contributed by atoms with E-state index in [-0.39, 0.29) is 23.1 Å². The molecule has 0 spiro atoms. The molecule has 2 fully saturated rings. The lowest BCUT2D eigenvalue weighted by Crippen LogP contribution is -2.54. The molecule has 5 nitrogen and oxygen atoms in total. The Bertz CT molecular complexity index is 1270. The van der Waals surface area contributed by atoms with Crippen molar-refractivity contribution in [2.24, 2.45) is 13.0 Å². The van der Waals surface area contributed by atoms with E-state index in [0.29, 0.717) is 18.7 Å². The zero-order valence-corrected chi connectivity index (χ0v) is 18.4. The summed E-state index contributed by atoms with van der Waals surface area (Å²) in [4.78, 5) is 16.1. The number of pyridine rings is 1. The molecule has 1 aliphatic carbocycles. The summed E-state index contributed by atoms with van der Waals surface area (Å²) in [5, 5.41) is 0.00761. The van der Waals surface area contributed by atoms with Crippen molar-refractivity contribution in [2.45, 2.75) is 48.8 Å². The first-order valence-electron chi connectivity index (χ1n) is 10.6. The van der Waals surface area contributed by atoms with Crippen LogP contribution in [0.25, 0.3) is 22.2 Å². The van der Waals surface area contributed by atoms with Crippen LogP contribution >= 0.6 is 11.8 Å². The minimum Gasteiger partial charge on any atom is -0.363 e. The molecule has 3 unspecified atom stereocenters. The molecule has 1 aromatic carbocycles. The van der Waals surface area contributed by atoms with Crippen LogP contribution < -0.4 is 5.56 Å². The standard InChI is InChI=1S/C23H23F2N3O2S/c1-4-30-23-18(31-23)11-28-17-8-13(14-7-12(2)21(29)27(3)10-14)5-6-16(17)26-20(28)15-9-22(24,25)19(15)23/h5-8,10,15,18-19H,4,9,11H2,1-3H3/t15?,18?,19?,23-/m0/s1. The minimum atomic E-state index is -2.72.